The number of carboxylic acids is 1. The first-order valence-corrected chi connectivity index (χ1v) is 13.0. The van der Waals surface area contributed by atoms with Gasteiger partial charge in [-0.3, -0.25) is 4.79 Å². The number of aromatic amines is 1. The number of rotatable bonds is 8. The minimum Gasteiger partial charge on any atom is -0.550 e. The van der Waals surface area contributed by atoms with Crippen molar-refractivity contribution in [2.75, 3.05) is 6.61 Å². The average Bonchev–Trinajstić information content (AvgIpc) is 3.53. The smallest absolute Gasteiger partial charge is 0.550 e. The molecule has 0 aromatic carbocycles. The Kier molecular flexibility index (Phi) is 10.2. The molecule has 3 aliphatic rings. The molecule has 0 bridgehead atoms. The maximum Gasteiger partial charge on any atom is 1.00 e. The number of nitrogens with one attached hydrogen (secondary N) is 1. The van der Waals surface area contributed by atoms with Crippen molar-refractivity contribution in [2.45, 2.75) is 59.0 Å². The Hall–Kier alpha value is -1.40. The maximum atomic E-state index is 13.4. The van der Waals surface area contributed by atoms with Crippen LogP contribution in [0.1, 0.15) is 63.4 Å². The van der Waals surface area contributed by atoms with Gasteiger partial charge in [0.05, 0.1) is 18.4 Å². The Morgan fingerprint density at radius 1 is 1.29 bits per heavy atom. The summed E-state index contributed by atoms with van der Waals surface area (Å²) in [5.41, 5.74) is 2.02. The summed E-state index contributed by atoms with van der Waals surface area (Å²) in [5.74, 6) is 0.220. The first-order valence-electron chi connectivity index (χ1n) is 13.0. The van der Waals surface area contributed by atoms with Crippen LogP contribution in [0, 0.1) is 41.4 Å². The van der Waals surface area contributed by atoms with Crippen molar-refractivity contribution >= 4 is 11.8 Å². The van der Waals surface area contributed by atoms with Gasteiger partial charge in [0.2, 0.25) is 0 Å². The molecule has 1 saturated carbocycles. The van der Waals surface area contributed by atoms with Crippen LogP contribution in [0.25, 0.3) is 0 Å². The predicted octanol–water partition coefficient (Wildman–Crippen LogP) is 1.74. The molecule has 1 aliphatic heterocycles. The van der Waals surface area contributed by atoms with E-state index in [2.05, 4.69) is 49.2 Å². The van der Waals surface area contributed by atoms with Crippen LogP contribution in [0.4, 0.5) is 0 Å². The fraction of sp³-hybridized carbons (Fsp3) is 0.586. The first kappa shape index (κ1) is 28.2. The monoisotopic (exact) mass is 487 g/mol. The van der Waals surface area contributed by atoms with Gasteiger partial charge in [0.15, 0.2) is 5.78 Å². The van der Waals surface area contributed by atoms with Gasteiger partial charge in [-0.15, -0.1) is 0 Å². The molecule has 5 nitrogen and oxygen atoms in total. The first-order chi connectivity index (χ1) is 16.4. The Labute approximate surface area is 231 Å². The van der Waals surface area contributed by atoms with Crippen molar-refractivity contribution in [1.29, 1.82) is 0 Å². The predicted molar refractivity (Wildman–Crippen MR) is 131 cm³/mol. The molecule has 184 valence electrons. The molecule has 2 heterocycles. The second-order valence-electron chi connectivity index (χ2n) is 10.5. The van der Waals surface area contributed by atoms with Gasteiger partial charge in [0.1, 0.15) is 0 Å². The van der Waals surface area contributed by atoms with Crippen molar-refractivity contribution in [3.8, 4) is 0 Å². The van der Waals surface area contributed by atoms with Gasteiger partial charge in [-0.2, -0.15) is 0 Å². The van der Waals surface area contributed by atoms with E-state index in [9.17, 15) is 14.7 Å². The van der Waals surface area contributed by atoms with Gasteiger partial charge in [0.25, 0.3) is 0 Å². The van der Waals surface area contributed by atoms with E-state index in [1.807, 2.05) is 18.3 Å². The third kappa shape index (κ3) is 6.30. The van der Waals surface area contributed by atoms with E-state index in [-0.39, 0.29) is 59.2 Å². The number of carbonyl (C=O) groups excluding carboxylic acids is 2. The van der Waals surface area contributed by atoms with Crippen LogP contribution in [-0.2, 0) is 9.53 Å². The Morgan fingerprint density at radius 3 is 2.74 bits per heavy atom. The molecule has 0 radical (unpaired) electrons. The average molecular weight is 488 g/mol. The van der Waals surface area contributed by atoms with E-state index in [0.717, 1.165) is 19.3 Å². The van der Waals surface area contributed by atoms with Gasteiger partial charge >= 0.3 is 29.6 Å². The third-order valence-electron chi connectivity index (χ3n) is 8.49. The molecule has 4 rings (SSSR count). The number of Topliss-reactive ketones (excluding diaryl/α,β-unsaturated/α-hetero) is 1. The number of allylic oxidation sites excluding steroid dienone is 5. The zero-order chi connectivity index (χ0) is 24.2. The zero-order valence-electron chi connectivity index (χ0n) is 21.6. The van der Waals surface area contributed by atoms with Crippen LogP contribution < -0.4 is 34.7 Å². The summed E-state index contributed by atoms with van der Waals surface area (Å²) in [6.07, 6.45) is 17.8. The molecule has 2 aliphatic carbocycles. The summed E-state index contributed by atoms with van der Waals surface area (Å²) in [5, 5.41) is 11.2. The molecule has 8 atom stereocenters. The summed E-state index contributed by atoms with van der Waals surface area (Å²) in [7, 11) is 0. The molecular formula is C29H38NNaO4. The summed E-state index contributed by atoms with van der Waals surface area (Å²) in [6, 6.07) is 3.78. The third-order valence-corrected chi connectivity index (χ3v) is 8.49. The molecule has 2 fully saturated rings. The van der Waals surface area contributed by atoms with E-state index in [1.165, 1.54) is 18.4 Å². The number of hydrogen-bond donors (Lipinski definition) is 1. The summed E-state index contributed by atoms with van der Waals surface area (Å²) in [4.78, 5) is 27.8. The number of fused-ring (bicyclic) bond motifs is 1. The normalized spacial score (nSPS) is 33.8. The molecule has 1 aromatic rings. The van der Waals surface area contributed by atoms with Crippen LogP contribution in [0.5, 0.6) is 0 Å². The van der Waals surface area contributed by atoms with Crippen LogP contribution in [-0.4, -0.2) is 29.4 Å². The second-order valence-corrected chi connectivity index (χ2v) is 10.5. The molecule has 35 heavy (non-hydrogen) atoms. The molecule has 6 heteroatoms. The molecule has 0 amide bonds. The van der Waals surface area contributed by atoms with Gasteiger partial charge in [-0.05, 0) is 55.6 Å². The number of H-pyrrole nitrogens is 1. The molecule has 1 N–H and O–H groups in total. The molecule has 8 unspecified atom stereocenters. The zero-order valence-corrected chi connectivity index (χ0v) is 23.6. The Bertz CT molecular complexity index is 950. The number of ether oxygens (including phenoxy) is 1. The largest absolute Gasteiger partial charge is 1.00 e. The second kappa shape index (κ2) is 12.7. The molecular weight excluding hydrogens is 449 g/mol. The Balaban J connectivity index is 0.00000342. The molecule has 1 saturated heterocycles. The van der Waals surface area contributed by atoms with Crippen LogP contribution in [0.2, 0.25) is 0 Å². The standard InChI is InChI=1S/C29H39NO4.Na/c1-4-20(24-17-34-26(16-18(24)2)19(3)29(32)33)8-5-10-22-14-13-21-9-6-11-23(21)27(22)28(31)25-12-7-15-30-25;/h5,7-8,10,12-15,18-19,21-24,26-27,30H,4,6,9,11,16-17H2,1-3H3,(H,32,33);/q;+1/p-1. The van der Waals surface area contributed by atoms with E-state index in [0.29, 0.717) is 30.1 Å². The van der Waals surface area contributed by atoms with Crippen molar-refractivity contribution in [3.63, 3.8) is 0 Å². The van der Waals surface area contributed by atoms with E-state index >= 15 is 0 Å². The fourth-order valence-electron chi connectivity index (χ4n) is 6.37. The van der Waals surface area contributed by atoms with Crippen LogP contribution >= 0.6 is 0 Å². The maximum absolute atomic E-state index is 13.4. The van der Waals surface area contributed by atoms with Crippen LogP contribution in [0.3, 0.4) is 0 Å². The topological polar surface area (TPSA) is 82.2 Å². The number of hydrogen-bond acceptors (Lipinski definition) is 4. The van der Waals surface area contributed by atoms with Crippen molar-refractivity contribution < 1.29 is 49.0 Å². The van der Waals surface area contributed by atoms with Crippen LogP contribution in [0.15, 0.2) is 54.3 Å². The number of aromatic nitrogens is 1. The van der Waals surface area contributed by atoms with Gasteiger partial charge in [-0.25, -0.2) is 0 Å². The van der Waals surface area contributed by atoms with Gasteiger partial charge < -0.3 is 19.6 Å². The van der Waals surface area contributed by atoms with Gasteiger partial charge in [0, 0.05) is 35.8 Å². The van der Waals surface area contributed by atoms with Crippen molar-refractivity contribution in [2.24, 2.45) is 41.4 Å². The fourth-order valence-corrected chi connectivity index (χ4v) is 6.37. The van der Waals surface area contributed by atoms with Crippen molar-refractivity contribution in [1.82, 2.24) is 4.98 Å². The SMILES string of the molecule is CCC(=CC=CC1C=CC2CCCC2C1C(=O)c1ccc[nH]1)C1COC(C(C)C(=O)[O-])CC1C.[Na+]. The molecule has 0 spiro atoms. The minimum atomic E-state index is -1.04. The number of ketones is 1. The molecule has 1 aromatic heterocycles. The Morgan fingerprint density at radius 2 is 2.09 bits per heavy atom. The number of carbonyl (C=O) groups is 2. The summed E-state index contributed by atoms with van der Waals surface area (Å²) < 4.78 is 5.96. The summed E-state index contributed by atoms with van der Waals surface area (Å²) >= 11 is 0. The van der Waals surface area contributed by atoms with Gasteiger partial charge in [-0.1, -0.05) is 63.1 Å². The quantitative estimate of drug-likeness (QED) is 0.262. The van der Waals surface area contributed by atoms with E-state index in [4.69, 9.17) is 4.74 Å². The van der Waals surface area contributed by atoms with E-state index in [1.54, 1.807) is 6.92 Å². The number of aliphatic carboxylic acids is 1. The minimum absolute atomic E-state index is 0. The van der Waals surface area contributed by atoms with E-state index < -0.39 is 11.9 Å². The number of carboxylic acid groups (broad SMARTS) is 1. The summed E-state index contributed by atoms with van der Waals surface area (Å²) in [6.45, 7) is 6.55. The van der Waals surface area contributed by atoms with Crippen molar-refractivity contribution in [3.05, 3.63) is 60.0 Å².